The van der Waals surface area contributed by atoms with Gasteiger partial charge in [-0.15, -0.1) is 0 Å². The Hall–Kier alpha value is -3.46. The number of halogens is 1. The van der Waals surface area contributed by atoms with Gasteiger partial charge in [0.1, 0.15) is 23.0 Å². The third-order valence-electron chi connectivity index (χ3n) is 4.90. The van der Waals surface area contributed by atoms with Crippen LogP contribution in [0.5, 0.6) is 17.4 Å². The maximum absolute atomic E-state index is 14.7. The van der Waals surface area contributed by atoms with Crippen LogP contribution >= 0.6 is 7.82 Å². The van der Waals surface area contributed by atoms with Crippen LogP contribution in [0.15, 0.2) is 60.8 Å². The Morgan fingerprint density at radius 2 is 1.65 bits per heavy atom. The summed E-state index contributed by atoms with van der Waals surface area (Å²) in [5.74, 6) is -0.0977. The molecule has 2 N–H and O–H groups in total. The number of nitrogens with one attached hydrogen (secondary N) is 2. The highest BCUT2D eigenvalue weighted by Crippen LogP contribution is 2.49. The summed E-state index contributed by atoms with van der Waals surface area (Å²) in [6, 6.07) is 13.7. The molecule has 0 spiro atoms. The van der Waals surface area contributed by atoms with Crippen LogP contribution in [0.25, 0.3) is 0 Å². The zero-order valence-electron chi connectivity index (χ0n) is 21.4. The number of carbonyl (C=O) groups is 1. The third kappa shape index (κ3) is 7.76. The Bertz CT molecular complexity index is 1270. The summed E-state index contributed by atoms with van der Waals surface area (Å²) in [6.45, 7) is 9.63. The Labute approximate surface area is 215 Å². The molecule has 0 aliphatic heterocycles. The van der Waals surface area contributed by atoms with Gasteiger partial charge in [0.2, 0.25) is 5.88 Å². The lowest BCUT2D eigenvalue weighted by Gasteiger charge is -2.22. The van der Waals surface area contributed by atoms with Crippen LogP contribution in [0, 0.1) is 5.82 Å². The second-order valence-electron chi connectivity index (χ2n) is 8.80. The number of rotatable bonds is 10. The summed E-state index contributed by atoms with van der Waals surface area (Å²) in [7, 11) is -3.89. The smallest absolute Gasteiger partial charge is 0.437 e. The zero-order chi connectivity index (χ0) is 27.1. The van der Waals surface area contributed by atoms with Crippen molar-refractivity contribution >= 4 is 25.2 Å². The Kier molecular flexibility index (Phi) is 9.26. The number of nitrogens with zero attached hydrogens (tertiary/aromatic N) is 1. The van der Waals surface area contributed by atoms with E-state index in [9.17, 15) is 13.8 Å². The summed E-state index contributed by atoms with van der Waals surface area (Å²) in [5, 5.41) is 5.06. The molecule has 0 atom stereocenters. The van der Waals surface area contributed by atoms with Gasteiger partial charge in [0.05, 0.1) is 18.9 Å². The number of pyridine rings is 1. The van der Waals surface area contributed by atoms with Crippen LogP contribution in [0.1, 0.15) is 40.2 Å². The van der Waals surface area contributed by atoms with E-state index >= 15 is 0 Å². The van der Waals surface area contributed by atoms with Gasteiger partial charge in [-0.3, -0.25) is 9.05 Å². The number of aromatic nitrogens is 1. The molecule has 3 aromatic rings. The molecule has 0 fully saturated rings. The molecule has 0 radical (unpaired) electrons. The minimum Gasteiger partial charge on any atom is -0.437 e. The topological polar surface area (TPSA) is 108 Å². The third-order valence-corrected chi connectivity index (χ3v) is 6.48. The Morgan fingerprint density at radius 3 is 2.30 bits per heavy atom. The number of urea groups is 1. The molecule has 198 valence electrons. The zero-order valence-corrected chi connectivity index (χ0v) is 22.3. The summed E-state index contributed by atoms with van der Waals surface area (Å²) in [5.41, 5.74) is 0.956. The minimum atomic E-state index is -3.89. The van der Waals surface area contributed by atoms with Crippen molar-refractivity contribution in [3.8, 4) is 17.4 Å². The van der Waals surface area contributed by atoms with Crippen molar-refractivity contribution in [2.75, 3.05) is 23.8 Å². The first-order valence-corrected chi connectivity index (χ1v) is 13.2. The number of para-hydroxylation sites is 1. The molecule has 0 unspecified atom stereocenters. The number of hydrogen-bond donors (Lipinski definition) is 2. The van der Waals surface area contributed by atoms with Crippen LogP contribution < -0.4 is 19.9 Å². The van der Waals surface area contributed by atoms with E-state index in [0.717, 1.165) is 11.6 Å². The number of anilines is 2. The molecule has 0 saturated carbocycles. The van der Waals surface area contributed by atoms with E-state index in [4.69, 9.17) is 18.3 Å². The van der Waals surface area contributed by atoms with Gasteiger partial charge in [0, 0.05) is 17.8 Å². The van der Waals surface area contributed by atoms with Gasteiger partial charge in [0.15, 0.2) is 0 Å². The first kappa shape index (κ1) is 28.1. The van der Waals surface area contributed by atoms with Gasteiger partial charge in [0.25, 0.3) is 0 Å². The molecular weight excluding hydrogens is 500 g/mol. The molecule has 11 heteroatoms. The highest BCUT2D eigenvalue weighted by Gasteiger charge is 2.28. The summed E-state index contributed by atoms with van der Waals surface area (Å²) in [6.07, 6.45) is 1.54. The summed E-state index contributed by atoms with van der Waals surface area (Å²) >= 11 is 0. The average Bonchev–Trinajstić information content (AvgIpc) is 2.82. The Balaban J connectivity index is 1.73. The quantitative estimate of drug-likeness (QED) is 0.261. The molecule has 9 nitrogen and oxygen atoms in total. The second kappa shape index (κ2) is 12.2. The van der Waals surface area contributed by atoms with E-state index in [1.165, 1.54) is 12.1 Å². The van der Waals surface area contributed by atoms with Gasteiger partial charge in [-0.25, -0.2) is 18.7 Å². The molecule has 0 aliphatic carbocycles. The van der Waals surface area contributed by atoms with Gasteiger partial charge in [-0.05, 0) is 49.6 Å². The molecule has 1 heterocycles. The van der Waals surface area contributed by atoms with Gasteiger partial charge >= 0.3 is 13.9 Å². The van der Waals surface area contributed by atoms with Gasteiger partial charge < -0.3 is 19.9 Å². The Morgan fingerprint density at radius 1 is 0.973 bits per heavy atom. The minimum absolute atomic E-state index is 0.0749. The maximum atomic E-state index is 14.7. The maximum Gasteiger partial charge on any atom is 0.530 e. The SMILES string of the molecule is CCOP(=O)(OCC)Oc1ccc(NC(=O)Nc2cccnc2Oc2ccccc2C(C)(C)C)c(F)c1. The second-order valence-corrected chi connectivity index (χ2v) is 10.4. The normalized spacial score (nSPS) is 11.6. The first-order chi connectivity index (χ1) is 17.5. The van der Waals surface area contributed by atoms with Crippen molar-refractivity contribution in [3.05, 3.63) is 72.2 Å². The molecule has 0 aliphatic rings. The lowest BCUT2D eigenvalue weighted by Crippen LogP contribution is -2.20. The standard InChI is InChI=1S/C26H31FN3O6P/c1-6-33-37(32,34-7-2)36-18-14-15-21(20(27)17-18)29-25(31)30-22-12-10-16-28-24(22)35-23-13-9-8-11-19(23)26(3,4)5/h8-17H,6-7H2,1-5H3,(H2,29,30,31). The van der Waals surface area contributed by atoms with E-state index in [-0.39, 0.29) is 35.9 Å². The number of amides is 2. The average molecular weight is 532 g/mol. The number of phosphoric acid groups is 1. The first-order valence-electron chi connectivity index (χ1n) is 11.7. The van der Waals surface area contributed by atoms with E-state index < -0.39 is 19.7 Å². The van der Waals surface area contributed by atoms with Crippen molar-refractivity contribution in [1.82, 2.24) is 4.98 Å². The van der Waals surface area contributed by atoms with Crippen LogP contribution in [-0.2, 0) is 19.0 Å². The fourth-order valence-corrected chi connectivity index (χ4v) is 4.50. The predicted molar refractivity (Wildman–Crippen MR) is 140 cm³/mol. The number of ether oxygens (including phenoxy) is 1. The van der Waals surface area contributed by atoms with Crippen molar-refractivity contribution in [3.63, 3.8) is 0 Å². The van der Waals surface area contributed by atoms with Crippen molar-refractivity contribution in [2.45, 2.75) is 40.0 Å². The highest BCUT2D eigenvalue weighted by molar-refractivity contribution is 7.48. The van der Waals surface area contributed by atoms with E-state index in [1.54, 1.807) is 32.2 Å². The van der Waals surface area contributed by atoms with E-state index in [1.807, 2.05) is 24.3 Å². The lowest BCUT2D eigenvalue weighted by atomic mass is 9.86. The van der Waals surface area contributed by atoms with Gasteiger partial charge in [-0.2, -0.15) is 0 Å². The molecule has 2 amide bonds. The van der Waals surface area contributed by atoms with Crippen molar-refractivity contribution in [2.24, 2.45) is 0 Å². The number of benzene rings is 2. The largest absolute Gasteiger partial charge is 0.530 e. The number of phosphoric ester groups is 1. The summed E-state index contributed by atoms with van der Waals surface area (Å²) in [4.78, 5) is 16.9. The molecule has 3 rings (SSSR count). The molecular formula is C26H31FN3O6P. The molecule has 1 aromatic heterocycles. The molecule has 0 bridgehead atoms. The van der Waals surface area contributed by atoms with Crippen LogP contribution in [-0.4, -0.2) is 24.2 Å². The lowest BCUT2D eigenvalue weighted by molar-refractivity contribution is 0.167. The number of carbonyl (C=O) groups excluding carboxylic acids is 1. The highest BCUT2D eigenvalue weighted by atomic mass is 31.2. The predicted octanol–water partition coefficient (Wildman–Crippen LogP) is 7.51. The van der Waals surface area contributed by atoms with Crippen molar-refractivity contribution < 1.29 is 32.1 Å². The van der Waals surface area contributed by atoms with Gasteiger partial charge in [-0.1, -0.05) is 39.0 Å². The molecule has 0 saturated heterocycles. The van der Waals surface area contributed by atoms with E-state index in [0.29, 0.717) is 11.4 Å². The molecule has 37 heavy (non-hydrogen) atoms. The van der Waals surface area contributed by atoms with Crippen LogP contribution in [0.4, 0.5) is 20.6 Å². The van der Waals surface area contributed by atoms with E-state index in [2.05, 4.69) is 36.4 Å². The number of hydrogen-bond acceptors (Lipinski definition) is 7. The summed E-state index contributed by atoms with van der Waals surface area (Å²) < 4.78 is 48.6. The fourth-order valence-electron chi connectivity index (χ4n) is 3.31. The van der Waals surface area contributed by atoms with Crippen molar-refractivity contribution in [1.29, 1.82) is 0 Å². The monoisotopic (exact) mass is 531 g/mol. The van der Waals surface area contributed by atoms with Crippen LogP contribution in [0.3, 0.4) is 0 Å². The molecule has 2 aromatic carbocycles. The van der Waals surface area contributed by atoms with Crippen LogP contribution in [0.2, 0.25) is 0 Å². The fraction of sp³-hybridized carbons (Fsp3) is 0.308.